The van der Waals surface area contributed by atoms with Crippen molar-refractivity contribution in [1.82, 2.24) is 4.98 Å². The molecular weight excluding hydrogens is 395 g/mol. The topological polar surface area (TPSA) is 74.3 Å². The van der Waals surface area contributed by atoms with Gasteiger partial charge in [-0.3, -0.25) is 4.79 Å². The molecule has 5 aromatic rings. The van der Waals surface area contributed by atoms with Gasteiger partial charge < -0.3 is 20.1 Å². The molecule has 31 heavy (non-hydrogen) atoms. The van der Waals surface area contributed by atoms with Gasteiger partial charge in [0.15, 0.2) is 0 Å². The number of aromatic hydroxyl groups is 1. The maximum absolute atomic E-state index is 13.8. The highest BCUT2D eigenvalue weighted by atomic mass is 19.1. The van der Waals surface area contributed by atoms with Gasteiger partial charge in [0.2, 0.25) is 0 Å². The molecule has 5 rings (SSSR count). The number of amides is 1. The van der Waals surface area contributed by atoms with E-state index in [0.717, 1.165) is 32.6 Å². The minimum absolute atomic E-state index is 0.0872. The van der Waals surface area contributed by atoms with Crippen LogP contribution in [0.4, 0.5) is 10.1 Å². The molecule has 0 aliphatic rings. The predicted octanol–water partition coefficient (Wildman–Crippen LogP) is 5.89. The van der Waals surface area contributed by atoms with Crippen molar-refractivity contribution in [3.05, 3.63) is 77.6 Å². The zero-order valence-corrected chi connectivity index (χ0v) is 16.9. The van der Waals surface area contributed by atoms with Crippen LogP contribution in [0.2, 0.25) is 0 Å². The Hall–Kier alpha value is -4.06. The molecule has 0 aliphatic carbocycles. The number of benzene rings is 4. The maximum atomic E-state index is 13.8. The molecule has 5 nitrogen and oxygen atoms in total. The van der Waals surface area contributed by atoms with Crippen molar-refractivity contribution < 1.29 is 19.0 Å². The van der Waals surface area contributed by atoms with E-state index in [1.807, 2.05) is 12.1 Å². The third kappa shape index (κ3) is 3.04. The van der Waals surface area contributed by atoms with E-state index in [4.69, 9.17) is 4.74 Å². The Bertz CT molecular complexity index is 1490. The van der Waals surface area contributed by atoms with Gasteiger partial charge in [0.05, 0.1) is 18.2 Å². The van der Waals surface area contributed by atoms with Gasteiger partial charge in [0.1, 0.15) is 17.3 Å². The van der Waals surface area contributed by atoms with Crippen molar-refractivity contribution in [2.75, 3.05) is 12.4 Å². The zero-order valence-electron chi connectivity index (χ0n) is 16.9. The van der Waals surface area contributed by atoms with Gasteiger partial charge >= 0.3 is 0 Å². The summed E-state index contributed by atoms with van der Waals surface area (Å²) < 4.78 is 18.9. The largest absolute Gasteiger partial charge is 0.507 e. The number of aromatic nitrogens is 1. The van der Waals surface area contributed by atoms with Crippen molar-refractivity contribution in [2.45, 2.75) is 6.92 Å². The van der Waals surface area contributed by atoms with Gasteiger partial charge in [0.25, 0.3) is 5.91 Å². The number of ether oxygens (including phenoxy) is 1. The van der Waals surface area contributed by atoms with E-state index in [1.165, 1.54) is 12.1 Å². The highest BCUT2D eigenvalue weighted by Gasteiger charge is 2.19. The SMILES string of the molecule is COc1ccc(NC(=O)c2cc3ccc4c5cc(F)ccc5[nH]c4c3c(C)c2O)cc1. The van der Waals surface area contributed by atoms with Crippen LogP contribution in [-0.4, -0.2) is 23.1 Å². The number of carbonyl (C=O) groups is 1. The number of anilines is 1. The molecule has 154 valence electrons. The lowest BCUT2D eigenvalue weighted by Crippen LogP contribution is -2.12. The van der Waals surface area contributed by atoms with Crippen molar-refractivity contribution in [3.8, 4) is 11.5 Å². The molecule has 0 fully saturated rings. The number of fused-ring (bicyclic) bond motifs is 5. The summed E-state index contributed by atoms with van der Waals surface area (Å²) in [4.78, 5) is 16.2. The lowest BCUT2D eigenvalue weighted by atomic mass is 9.97. The molecule has 0 aliphatic heterocycles. The Labute approximate surface area is 177 Å². The third-order valence-electron chi connectivity index (χ3n) is 5.65. The average molecular weight is 414 g/mol. The highest BCUT2D eigenvalue weighted by Crippen LogP contribution is 2.38. The van der Waals surface area contributed by atoms with Crippen LogP contribution in [0.1, 0.15) is 15.9 Å². The van der Waals surface area contributed by atoms with Gasteiger partial charge in [-0.1, -0.05) is 12.1 Å². The Morgan fingerprint density at radius 1 is 1.03 bits per heavy atom. The van der Waals surface area contributed by atoms with Crippen molar-refractivity contribution in [2.24, 2.45) is 0 Å². The van der Waals surface area contributed by atoms with Crippen LogP contribution in [-0.2, 0) is 0 Å². The van der Waals surface area contributed by atoms with Crippen molar-refractivity contribution in [1.29, 1.82) is 0 Å². The van der Waals surface area contributed by atoms with Gasteiger partial charge in [-0.2, -0.15) is 0 Å². The molecule has 1 heterocycles. The summed E-state index contributed by atoms with van der Waals surface area (Å²) in [6, 6.07) is 17.0. The van der Waals surface area contributed by atoms with Gasteiger partial charge in [0, 0.05) is 32.9 Å². The van der Waals surface area contributed by atoms with Crippen LogP contribution in [0, 0.1) is 12.7 Å². The molecule has 0 radical (unpaired) electrons. The highest BCUT2D eigenvalue weighted by molar-refractivity contribution is 6.20. The minimum atomic E-state index is -0.411. The van der Waals surface area contributed by atoms with E-state index in [9.17, 15) is 14.3 Å². The summed E-state index contributed by atoms with van der Waals surface area (Å²) in [5, 5.41) is 16.9. The standard InChI is InChI=1S/C25H19FN2O3/c1-13-22-14(3-9-18-19-12-15(26)4-10-21(19)28-23(18)22)11-20(24(13)29)25(30)27-16-5-7-17(31-2)8-6-16/h3-12,28-29H,1-2H3,(H,27,30). The Balaban J connectivity index is 1.63. The van der Waals surface area contributed by atoms with E-state index in [0.29, 0.717) is 17.0 Å². The fraction of sp³-hybridized carbons (Fsp3) is 0.0800. The zero-order chi connectivity index (χ0) is 21.7. The van der Waals surface area contributed by atoms with E-state index in [-0.39, 0.29) is 17.1 Å². The third-order valence-corrected chi connectivity index (χ3v) is 5.65. The summed E-state index contributed by atoms with van der Waals surface area (Å²) in [5.74, 6) is -0.120. The first-order valence-electron chi connectivity index (χ1n) is 9.78. The van der Waals surface area contributed by atoms with Crippen LogP contribution in [0.3, 0.4) is 0 Å². The number of carbonyl (C=O) groups excluding carboxylic acids is 1. The number of hydrogen-bond acceptors (Lipinski definition) is 3. The second-order valence-electron chi connectivity index (χ2n) is 7.48. The lowest BCUT2D eigenvalue weighted by Gasteiger charge is -2.12. The van der Waals surface area contributed by atoms with Crippen molar-refractivity contribution in [3.63, 3.8) is 0 Å². The van der Waals surface area contributed by atoms with Crippen LogP contribution in [0.15, 0.2) is 60.7 Å². The Morgan fingerprint density at radius 3 is 2.55 bits per heavy atom. The number of halogens is 1. The first-order chi connectivity index (χ1) is 15.0. The first kappa shape index (κ1) is 18.9. The quantitative estimate of drug-likeness (QED) is 0.345. The van der Waals surface area contributed by atoms with Crippen LogP contribution in [0.25, 0.3) is 32.6 Å². The summed E-state index contributed by atoms with van der Waals surface area (Å²) in [5.41, 5.74) is 2.96. The molecule has 0 spiro atoms. The van der Waals surface area contributed by atoms with Crippen LogP contribution < -0.4 is 10.1 Å². The van der Waals surface area contributed by atoms with Gasteiger partial charge in [-0.15, -0.1) is 0 Å². The molecule has 0 bridgehead atoms. The summed E-state index contributed by atoms with van der Waals surface area (Å²) in [7, 11) is 1.57. The number of methoxy groups -OCH3 is 1. The second kappa shape index (κ2) is 7.02. The van der Waals surface area contributed by atoms with Gasteiger partial charge in [-0.05, 0) is 60.8 Å². The van der Waals surface area contributed by atoms with Crippen molar-refractivity contribution >= 4 is 44.2 Å². The normalized spacial score (nSPS) is 11.3. The molecule has 1 amide bonds. The molecule has 0 atom stereocenters. The van der Waals surface area contributed by atoms with Gasteiger partial charge in [-0.25, -0.2) is 4.39 Å². The fourth-order valence-electron chi connectivity index (χ4n) is 4.07. The van der Waals surface area contributed by atoms with Crippen LogP contribution in [0.5, 0.6) is 11.5 Å². The minimum Gasteiger partial charge on any atom is -0.507 e. The molecule has 4 aromatic carbocycles. The van der Waals surface area contributed by atoms with E-state index in [1.54, 1.807) is 50.4 Å². The number of phenols is 1. The number of aryl methyl sites for hydroxylation is 1. The monoisotopic (exact) mass is 414 g/mol. The number of aromatic amines is 1. The maximum Gasteiger partial charge on any atom is 0.259 e. The van der Waals surface area contributed by atoms with Crippen LogP contribution >= 0.6 is 0 Å². The Kier molecular flexibility index (Phi) is 4.29. The number of rotatable bonds is 3. The second-order valence-corrected chi connectivity index (χ2v) is 7.48. The molecule has 1 aromatic heterocycles. The molecule has 0 saturated carbocycles. The van der Waals surface area contributed by atoms with E-state index in [2.05, 4.69) is 10.3 Å². The first-order valence-corrected chi connectivity index (χ1v) is 9.78. The Morgan fingerprint density at radius 2 is 1.81 bits per heavy atom. The van der Waals surface area contributed by atoms with E-state index >= 15 is 0 Å². The fourth-order valence-corrected chi connectivity index (χ4v) is 4.07. The number of hydrogen-bond donors (Lipinski definition) is 3. The smallest absolute Gasteiger partial charge is 0.259 e. The molecule has 3 N–H and O–H groups in total. The number of phenolic OH excluding ortho intramolecular Hbond substituents is 1. The van der Waals surface area contributed by atoms with E-state index < -0.39 is 5.91 Å². The summed E-state index contributed by atoms with van der Waals surface area (Å²) in [6.07, 6.45) is 0. The number of H-pyrrole nitrogens is 1. The molecular formula is C25H19FN2O3. The average Bonchev–Trinajstić information content (AvgIpc) is 3.14. The molecule has 0 saturated heterocycles. The lowest BCUT2D eigenvalue weighted by molar-refractivity contribution is 0.102. The summed E-state index contributed by atoms with van der Waals surface area (Å²) in [6.45, 7) is 1.77. The molecule has 6 heteroatoms. The molecule has 0 unspecified atom stereocenters. The summed E-state index contributed by atoms with van der Waals surface area (Å²) >= 11 is 0. The predicted molar refractivity (Wildman–Crippen MR) is 121 cm³/mol. The number of nitrogens with one attached hydrogen (secondary N) is 2.